The van der Waals surface area contributed by atoms with Crippen molar-refractivity contribution in [2.75, 3.05) is 6.61 Å². The van der Waals surface area contributed by atoms with Crippen molar-refractivity contribution < 1.29 is 35.3 Å². The number of rotatable bonds is 0. The molecule has 0 aromatic heterocycles. The average molecular weight is 232 g/mol. The number of alkyl halides is 3. The summed E-state index contributed by atoms with van der Waals surface area (Å²) in [5.41, 5.74) is 0. The van der Waals surface area contributed by atoms with Gasteiger partial charge >= 0.3 is 6.18 Å². The molecule has 0 spiro atoms. The molecule has 2 atom stereocenters. The van der Waals surface area contributed by atoms with Gasteiger partial charge < -0.3 is 5.11 Å². The van der Waals surface area contributed by atoms with E-state index in [0.29, 0.717) is 0 Å². The van der Waals surface area contributed by atoms with Gasteiger partial charge in [-0.15, -0.1) is 0 Å². The summed E-state index contributed by atoms with van der Waals surface area (Å²) in [7, 11) is 0. The van der Waals surface area contributed by atoms with Crippen LogP contribution in [0.2, 0.25) is 0 Å². The van der Waals surface area contributed by atoms with Crippen LogP contribution in [-0.2, 0) is 17.1 Å². The van der Waals surface area contributed by atoms with Gasteiger partial charge in [-0.2, -0.15) is 33.0 Å². The zero-order valence-electron chi connectivity index (χ0n) is 4.50. The first kappa shape index (κ1) is 22.5. The van der Waals surface area contributed by atoms with E-state index in [1.54, 1.807) is 0 Å². The molecule has 9 heavy (non-hydrogen) atoms. The van der Waals surface area contributed by atoms with E-state index in [4.69, 9.17) is 5.11 Å². The summed E-state index contributed by atoms with van der Waals surface area (Å²) in [6, 6.07) is 0. The molecular formula is C2H9CuF3OP2. The average Bonchev–Trinajstić information content (AvgIpc) is 1.35. The summed E-state index contributed by atoms with van der Waals surface area (Å²) in [6.07, 6.45) is -4.40. The first-order valence-corrected chi connectivity index (χ1v) is 1.24. The van der Waals surface area contributed by atoms with E-state index in [-0.39, 0.29) is 36.9 Å². The van der Waals surface area contributed by atoms with Gasteiger partial charge in [-0.3, -0.25) is 0 Å². The first-order valence-electron chi connectivity index (χ1n) is 1.24. The van der Waals surface area contributed by atoms with Crippen LogP contribution in [0.3, 0.4) is 0 Å². The van der Waals surface area contributed by atoms with Crippen molar-refractivity contribution in [3.8, 4) is 0 Å². The van der Waals surface area contributed by atoms with Crippen molar-refractivity contribution in [3.05, 3.63) is 0 Å². The third-order valence-corrected chi connectivity index (χ3v) is 0.179. The Bertz CT molecular complexity index is 49.6. The SMILES string of the molecule is OCC(F)(F)F.P.P.[Cu]. The molecule has 0 saturated carbocycles. The molecule has 0 aliphatic carbocycles. The summed E-state index contributed by atoms with van der Waals surface area (Å²) >= 11 is 0. The molecule has 1 nitrogen and oxygen atoms in total. The first-order chi connectivity index (χ1) is 2.56. The van der Waals surface area contributed by atoms with Crippen molar-refractivity contribution in [3.63, 3.8) is 0 Å². The topological polar surface area (TPSA) is 20.2 Å². The van der Waals surface area contributed by atoms with E-state index in [9.17, 15) is 13.2 Å². The molecule has 0 amide bonds. The van der Waals surface area contributed by atoms with Crippen LogP contribution in [0.1, 0.15) is 0 Å². The minimum absolute atomic E-state index is 0. The van der Waals surface area contributed by atoms with Crippen LogP contribution in [0, 0.1) is 0 Å². The Morgan fingerprint density at radius 3 is 1.22 bits per heavy atom. The molecule has 0 saturated heterocycles. The second-order valence-electron chi connectivity index (χ2n) is 0.773. The fourth-order valence-corrected chi connectivity index (χ4v) is 0. The van der Waals surface area contributed by atoms with Crippen LogP contribution in [0.4, 0.5) is 13.2 Å². The Kier molecular flexibility index (Phi) is 22.8. The Morgan fingerprint density at radius 1 is 1.11 bits per heavy atom. The Hall–Kier alpha value is 1.13. The zero-order chi connectivity index (χ0) is 5.21. The largest absolute Gasteiger partial charge is 0.411 e. The van der Waals surface area contributed by atoms with E-state index >= 15 is 0 Å². The molecule has 1 radical (unpaired) electrons. The van der Waals surface area contributed by atoms with E-state index in [2.05, 4.69) is 0 Å². The minimum Gasteiger partial charge on any atom is -0.387 e. The van der Waals surface area contributed by atoms with Gasteiger partial charge in [0.2, 0.25) is 0 Å². The maximum Gasteiger partial charge on any atom is 0.411 e. The van der Waals surface area contributed by atoms with Crippen molar-refractivity contribution in [1.82, 2.24) is 0 Å². The van der Waals surface area contributed by atoms with Crippen LogP contribution >= 0.6 is 19.8 Å². The molecule has 0 aromatic rings. The smallest absolute Gasteiger partial charge is 0.387 e. The van der Waals surface area contributed by atoms with E-state index < -0.39 is 12.8 Å². The van der Waals surface area contributed by atoms with Crippen LogP contribution in [0.25, 0.3) is 0 Å². The molecule has 0 bridgehead atoms. The van der Waals surface area contributed by atoms with Crippen LogP contribution in [0.15, 0.2) is 0 Å². The van der Waals surface area contributed by atoms with Gasteiger partial charge in [-0.1, -0.05) is 0 Å². The van der Waals surface area contributed by atoms with Gasteiger partial charge in [-0.05, 0) is 0 Å². The summed E-state index contributed by atoms with van der Waals surface area (Å²) in [4.78, 5) is 0. The summed E-state index contributed by atoms with van der Waals surface area (Å²) in [5, 5.41) is 7.28. The van der Waals surface area contributed by atoms with Crippen LogP contribution in [-0.4, -0.2) is 17.9 Å². The Morgan fingerprint density at radius 2 is 1.22 bits per heavy atom. The fourth-order valence-electron chi connectivity index (χ4n) is 0. The number of halogens is 3. The monoisotopic (exact) mass is 231 g/mol. The van der Waals surface area contributed by atoms with Crippen LogP contribution < -0.4 is 0 Å². The minimum atomic E-state index is -4.40. The van der Waals surface area contributed by atoms with Crippen molar-refractivity contribution in [2.45, 2.75) is 6.18 Å². The van der Waals surface area contributed by atoms with Crippen molar-refractivity contribution in [1.29, 1.82) is 0 Å². The summed E-state index contributed by atoms with van der Waals surface area (Å²) in [5.74, 6) is 0. The maximum absolute atomic E-state index is 10.5. The van der Waals surface area contributed by atoms with Gasteiger partial charge in [0.1, 0.15) is 6.61 Å². The molecule has 0 heterocycles. The molecule has 0 rings (SSSR count). The quantitative estimate of drug-likeness (QED) is 0.480. The fraction of sp³-hybridized carbons (Fsp3) is 1.00. The number of aliphatic hydroxyl groups is 1. The zero-order valence-corrected chi connectivity index (χ0v) is 8.27. The second-order valence-corrected chi connectivity index (χ2v) is 0.773. The van der Waals surface area contributed by atoms with Gasteiger partial charge in [0, 0.05) is 17.1 Å². The molecule has 0 fully saturated rings. The van der Waals surface area contributed by atoms with Gasteiger partial charge in [-0.25, -0.2) is 0 Å². The molecule has 7 heteroatoms. The molecular weight excluding hydrogens is 223 g/mol. The molecule has 2 unspecified atom stereocenters. The maximum atomic E-state index is 10.5. The van der Waals surface area contributed by atoms with Gasteiger partial charge in [0.15, 0.2) is 0 Å². The van der Waals surface area contributed by atoms with Crippen molar-refractivity contribution in [2.24, 2.45) is 0 Å². The summed E-state index contributed by atoms with van der Waals surface area (Å²) < 4.78 is 31.6. The Balaban J connectivity index is -0.0000000417. The van der Waals surface area contributed by atoms with E-state index in [1.807, 2.05) is 0 Å². The molecule has 0 aromatic carbocycles. The predicted octanol–water partition coefficient (Wildman–Crippen LogP) is 0.655. The van der Waals surface area contributed by atoms with E-state index in [1.165, 1.54) is 0 Å². The van der Waals surface area contributed by atoms with Crippen LogP contribution in [0.5, 0.6) is 0 Å². The third-order valence-electron chi connectivity index (χ3n) is 0.179. The van der Waals surface area contributed by atoms with Gasteiger partial charge in [0.25, 0.3) is 0 Å². The predicted molar refractivity (Wildman–Crippen MR) is 35.4 cm³/mol. The second kappa shape index (κ2) is 9.13. The number of aliphatic hydroxyl groups excluding tert-OH is 1. The molecule has 1 N–H and O–H groups in total. The van der Waals surface area contributed by atoms with Gasteiger partial charge in [0.05, 0.1) is 0 Å². The standard InChI is InChI=1S/C2H3F3O.Cu.2H3P/c3-2(4,5)1-6;;;/h6H,1H2;;2*1H3. The third kappa shape index (κ3) is 27.2. The number of hydrogen-bond donors (Lipinski definition) is 1. The normalized spacial score (nSPS) is 8.00. The summed E-state index contributed by atoms with van der Waals surface area (Å²) in [6.45, 7) is -1.73. The number of hydrogen-bond acceptors (Lipinski definition) is 1. The molecule has 0 aliphatic rings. The molecule has 0 aliphatic heterocycles. The Labute approximate surface area is 68.5 Å². The van der Waals surface area contributed by atoms with E-state index in [0.717, 1.165) is 0 Å². The molecule has 65 valence electrons. The van der Waals surface area contributed by atoms with Crippen molar-refractivity contribution >= 4 is 19.8 Å².